The molecule has 0 N–H and O–H groups in total. The van der Waals surface area contributed by atoms with Crippen molar-refractivity contribution in [1.29, 1.82) is 0 Å². The number of methoxy groups -OCH3 is 1. The molecule has 1 aliphatic rings. The first-order valence-electron chi connectivity index (χ1n) is 10.7. The van der Waals surface area contributed by atoms with E-state index in [4.69, 9.17) is 21.1 Å². The van der Waals surface area contributed by atoms with Crippen LogP contribution in [0, 0.1) is 13.8 Å². The Morgan fingerprint density at radius 1 is 1.12 bits per heavy atom. The van der Waals surface area contributed by atoms with Crippen molar-refractivity contribution in [2.75, 3.05) is 36.0 Å². The third kappa shape index (κ3) is 4.56. The smallest absolute Gasteiger partial charge is 0.268 e. The molecule has 3 aromatic rings. The van der Waals surface area contributed by atoms with Gasteiger partial charge in [0.1, 0.15) is 29.5 Å². The predicted octanol–water partition coefficient (Wildman–Crippen LogP) is 4.59. The number of sulfonamides is 1. The molecule has 0 fully saturated rings. The zero-order chi connectivity index (χ0) is 24.5. The van der Waals surface area contributed by atoms with Gasteiger partial charge in [0.05, 0.1) is 25.0 Å². The van der Waals surface area contributed by atoms with Gasteiger partial charge in [-0.05, 0) is 61.4 Å². The zero-order valence-corrected chi connectivity index (χ0v) is 20.7. The van der Waals surface area contributed by atoms with E-state index in [2.05, 4.69) is 0 Å². The fourth-order valence-electron chi connectivity index (χ4n) is 3.79. The first kappa shape index (κ1) is 23.9. The van der Waals surface area contributed by atoms with E-state index in [-0.39, 0.29) is 22.2 Å². The van der Waals surface area contributed by atoms with E-state index in [0.717, 1.165) is 15.4 Å². The van der Waals surface area contributed by atoms with Crippen LogP contribution in [0.5, 0.6) is 11.5 Å². The number of aryl methyl sites for hydroxylation is 2. The van der Waals surface area contributed by atoms with Gasteiger partial charge in [0, 0.05) is 5.02 Å². The van der Waals surface area contributed by atoms with E-state index in [1.165, 1.54) is 13.2 Å². The maximum atomic E-state index is 13.9. The highest BCUT2D eigenvalue weighted by molar-refractivity contribution is 7.93. The van der Waals surface area contributed by atoms with E-state index < -0.39 is 16.6 Å². The summed E-state index contributed by atoms with van der Waals surface area (Å²) in [5.74, 6) is 0.385. The maximum absolute atomic E-state index is 13.9. The minimum atomic E-state index is -4.19. The normalized spacial score (nSPS) is 13.1. The molecular formula is C25H25ClN2O5S. The number of ether oxygens (including phenoxy) is 2. The number of fused-ring (bicyclic) bond motifs is 1. The molecule has 9 heteroatoms. The van der Waals surface area contributed by atoms with Crippen LogP contribution < -0.4 is 18.7 Å². The number of halogens is 1. The average Bonchev–Trinajstić information content (AvgIpc) is 2.83. The minimum Gasteiger partial charge on any atom is -0.495 e. The molecule has 0 saturated heterocycles. The van der Waals surface area contributed by atoms with Crippen molar-refractivity contribution in [2.45, 2.75) is 18.7 Å². The lowest BCUT2D eigenvalue weighted by Crippen LogP contribution is -2.46. The van der Waals surface area contributed by atoms with Gasteiger partial charge < -0.3 is 14.4 Å². The number of hydrogen-bond acceptors (Lipinski definition) is 5. The van der Waals surface area contributed by atoms with Crippen LogP contribution >= 0.6 is 11.6 Å². The van der Waals surface area contributed by atoms with Crippen molar-refractivity contribution in [2.24, 2.45) is 0 Å². The van der Waals surface area contributed by atoms with Crippen molar-refractivity contribution in [3.05, 3.63) is 76.8 Å². The average molecular weight is 501 g/mol. The highest BCUT2D eigenvalue weighted by atomic mass is 35.5. The topological polar surface area (TPSA) is 76.2 Å². The first-order chi connectivity index (χ1) is 16.2. The number of carbonyl (C=O) groups is 1. The summed E-state index contributed by atoms with van der Waals surface area (Å²) >= 11 is 6.33. The third-order valence-corrected chi connectivity index (χ3v) is 7.84. The minimum absolute atomic E-state index is 0.0260. The Bertz CT molecular complexity index is 1340. The molecule has 1 heterocycles. The molecule has 0 aliphatic carbocycles. The number of nitrogens with zero attached hydrogens (tertiary/aromatic N) is 2. The van der Waals surface area contributed by atoms with Gasteiger partial charge in [-0.25, -0.2) is 8.42 Å². The number of hydrogen-bond donors (Lipinski definition) is 0. The summed E-state index contributed by atoms with van der Waals surface area (Å²) in [7, 11) is -2.78. The monoisotopic (exact) mass is 500 g/mol. The number of benzene rings is 3. The molecule has 0 radical (unpaired) electrons. The Balaban J connectivity index is 1.79. The van der Waals surface area contributed by atoms with E-state index in [1.807, 2.05) is 13.0 Å². The standard InChI is InChI=1S/C25H25ClN2O5S/c1-17-8-11-23(32-3)24(14-17)34(30,31)28(19-10-9-18(2)20(26)15-19)16-25(29)27-12-13-33-22-7-5-4-6-21(22)27/h4-11,14-15H,12-13,16H2,1-3H3. The van der Waals surface area contributed by atoms with Crippen LogP contribution in [0.3, 0.4) is 0 Å². The molecule has 0 unspecified atom stereocenters. The molecule has 34 heavy (non-hydrogen) atoms. The lowest BCUT2D eigenvalue weighted by molar-refractivity contribution is -0.117. The van der Waals surface area contributed by atoms with Crippen molar-refractivity contribution < 1.29 is 22.7 Å². The molecule has 178 valence electrons. The second kappa shape index (κ2) is 9.56. The molecule has 1 aliphatic heterocycles. The summed E-state index contributed by atoms with van der Waals surface area (Å²) in [5.41, 5.74) is 2.43. The van der Waals surface area contributed by atoms with Crippen molar-refractivity contribution >= 4 is 38.9 Å². The van der Waals surface area contributed by atoms with Crippen LogP contribution in [0.2, 0.25) is 5.02 Å². The Kier molecular flexibility index (Phi) is 6.72. The summed E-state index contributed by atoms with van der Waals surface area (Å²) in [6.07, 6.45) is 0. The first-order valence-corrected chi connectivity index (χ1v) is 12.5. The number of carbonyl (C=O) groups excluding carboxylic acids is 1. The Morgan fingerprint density at radius 3 is 2.62 bits per heavy atom. The van der Waals surface area contributed by atoms with Crippen molar-refractivity contribution in [1.82, 2.24) is 0 Å². The summed E-state index contributed by atoms with van der Waals surface area (Å²) in [6, 6.07) is 17.0. The number of amides is 1. The second-order valence-corrected chi connectivity index (χ2v) is 10.2. The molecule has 7 nitrogen and oxygen atoms in total. The summed E-state index contributed by atoms with van der Waals surface area (Å²) in [5, 5.41) is 0.401. The van der Waals surface area contributed by atoms with Crippen LogP contribution in [0.1, 0.15) is 11.1 Å². The molecule has 1 amide bonds. The summed E-state index contributed by atoms with van der Waals surface area (Å²) < 4.78 is 39.9. The molecule has 0 aromatic heterocycles. The van der Waals surface area contributed by atoms with E-state index in [1.54, 1.807) is 60.4 Å². The second-order valence-electron chi connectivity index (χ2n) is 7.96. The molecule has 0 bridgehead atoms. The number of anilines is 2. The summed E-state index contributed by atoms with van der Waals surface area (Å²) in [4.78, 5) is 15.0. The lowest BCUT2D eigenvalue weighted by atomic mass is 10.2. The van der Waals surface area contributed by atoms with E-state index >= 15 is 0 Å². The molecule has 4 rings (SSSR count). The molecule has 0 saturated carbocycles. The SMILES string of the molecule is COc1ccc(C)cc1S(=O)(=O)N(CC(=O)N1CCOc2ccccc21)c1ccc(C)c(Cl)c1. The fourth-order valence-corrected chi connectivity index (χ4v) is 5.62. The van der Waals surface area contributed by atoms with Gasteiger partial charge >= 0.3 is 0 Å². The van der Waals surface area contributed by atoms with Gasteiger partial charge in [0.2, 0.25) is 5.91 Å². The van der Waals surface area contributed by atoms with Gasteiger partial charge in [0.15, 0.2) is 0 Å². The van der Waals surface area contributed by atoms with Crippen LogP contribution in [-0.2, 0) is 14.8 Å². The molecule has 0 atom stereocenters. The predicted molar refractivity (Wildman–Crippen MR) is 133 cm³/mol. The van der Waals surface area contributed by atoms with Crippen LogP contribution in [0.15, 0.2) is 65.6 Å². The van der Waals surface area contributed by atoms with Gasteiger partial charge in [-0.15, -0.1) is 0 Å². The van der Waals surface area contributed by atoms with Gasteiger partial charge in [0.25, 0.3) is 10.0 Å². The lowest BCUT2D eigenvalue weighted by Gasteiger charge is -2.32. The summed E-state index contributed by atoms with van der Waals surface area (Å²) in [6.45, 7) is 3.82. The quantitative estimate of drug-likeness (QED) is 0.495. The zero-order valence-electron chi connectivity index (χ0n) is 19.1. The highest BCUT2D eigenvalue weighted by Crippen LogP contribution is 2.34. The van der Waals surface area contributed by atoms with Crippen LogP contribution in [0.25, 0.3) is 0 Å². The molecule has 0 spiro atoms. The van der Waals surface area contributed by atoms with E-state index in [0.29, 0.717) is 29.6 Å². The molecule has 3 aromatic carbocycles. The fraction of sp³-hybridized carbons (Fsp3) is 0.240. The van der Waals surface area contributed by atoms with Gasteiger partial charge in [-0.1, -0.05) is 35.9 Å². The Labute approximate surface area is 204 Å². The van der Waals surface area contributed by atoms with Gasteiger partial charge in [-0.3, -0.25) is 9.10 Å². The maximum Gasteiger partial charge on any atom is 0.268 e. The third-order valence-electron chi connectivity index (χ3n) is 5.64. The van der Waals surface area contributed by atoms with Crippen LogP contribution in [0.4, 0.5) is 11.4 Å². The number of para-hydroxylation sites is 2. The van der Waals surface area contributed by atoms with Crippen molar-refractivity contribution in [3.8, 4) is 11.5 Å². The van der Waals surface area contributed by atoms with E-state index in [9.17, 15) is 13.2 Å². The number of rotatable bonds is 6. The Morgan fingerprint density at radius 2 is 1.88 bits per heavy atom. The Hall–Kier alpha value is -3.23. The highest BCUT2D eigenvalue weighted by Gasteiger charge is 2.33. The van der Waals surface area contributed by atoms with Gasteiger partial charge in [-0.2, -0.15) is 0 Å². The largest absolute Gasteiger partial charge is 0.495 e. The van der Waals surface area contributed by atoms with Crippen molar-refractivity contribution in [3.63, 3.8) is 0 Å². The van der Waals surface area contributed by atoms with Crippen LogP contribution in [-0.4, -0.2) is 41.1 Å². The molecular weight excluding hydrogens is 476 g/mol.